The van der Waals surface area contributed by atoms with Crippen LogP contribution in [0.25, 0.3) is 16.8 Å². The Kier molecular flexibility index (Phi) is 6.28. The molecule has 0 saturated carbocycles. The second-order valence-corrected chi connectivity index (χ2v) is 10.0. The Labute approximate surface area is 183 Å². The van der Waals surface area contributed by atoms with E-state index in [4.69, 9.17) is 5.21 Å². The number of nitrogens with zero attached hydrogens (tertiary/aromatic N) is 4. The largest absolute Gasteiger partial charge is 0.312 e. The number of hydrogen-bond acceptors (Lipinski definition) is 7. The summed E-state index contributed by atoms with van der Waals surface area (Å²) in [6.07, 6.45) is 3.07. The zero-order chi connectivity index (χ0) is 23.7. The van der Waals surface area contributed by atoms with Gasteiger partial charge in [-0.3, -0.25) is 14.8 Å². The van der Waals surface area contributed by atoms with Gasteiger partial charge in [0.15, 0.2) is 14.6 Å². The normalized spacial score (nSPS) is 13.5. The summed E-state index contributed by atoms with van der Waals surface area (Å²) in [7, 11) is -3.94. The number of hydrogen-bond donors (Lipinski definition) is 2. The zero-order valence-corrected chi connectivity index (χ0v) is 18.4. The van der Waals surface area contributed by atoms with Crippen molar-refractivity contribution in [3.63, 3.8) is 0 Å². The van der Waals surface area contributed by atoms with Crippen LogP contribution in [0.4, 0.5) is 4.39 Å². The van der Waals surface area contributed by atoms with E-state index in [1.54, 1.807) is 37.4 Å². The summed E-state index contributed by atoms with van der Waals surface area (Å²) in [6, 6.07) is 7.73. The molecule has 3 aromatic rings. The SMILES string of the molecule is Cc1cnn(-c2ccc(-c3cc(=O)n(CCC(C)(C(=O)NO)S(C)(=O)=O)cc3F)cc2)n1. The molecule has 170 valence electrons. The van der Waals surface area contributed by atoms with Crippen molar-refractivity contribution >= 4 is 15.7 Å². The van der Waals surface area contributed by atoms with Crippen LogP contribution >= 0.6 is 0 Å². The number of aryl methyl sites for hydroxylation is 2. The van der Waals surface area contributed by atoms with E-state index in [-0.39, 0.29) is 18.5 Å². The fraction of sp³-hybridized carbons (Fsp3) is 0.300. The Morgan fingerprint density at radius 3 is 2.47 bits per heavy atom. The number of benzene rings is 1. The second kappa shape index (κ2) is 8.63. The number of carbonyl (C=O) groups excluding carboxylic acids is 1. The molecule has 0 radical (unpaired) electrons. The first-order valence-corrected chi connectivity index (χ1v) is 11.4. The minimum atomic E-state index is -3.94. The van der Waals surface area contributed by atoms with Crippen molar-refractivity contribution in [2.24, 2.45) is 0 Å². The number of rotatable bonds is 7. The van der Waals surface area contributed by atoms with Gasteiger partial charge in [0.2, 0.25) is 0 Å². The lowest BCUT2D eigenvalue weighted by atomic mass is 10.0. The fourth-order valence-corrected chi connectivity index (χ4v) is 3.94. The molecule has 2 heterocycles. The van der Waals surface area contributed by atoms with Gasteiger partial charge in [-0.05, 0) is 38.0 Å². The van der Waals surface area contributed by atoms with Crippen molar-refractivity contribution in [3.8, 4) is 16.8 Å². The fourth-order valence-electron chi connectivity index (χ4n) is 3.10. The number of amides is 1. The number of halogens is 1. The van der Waals surface area contributed by atoms with Gasteiger partial charge in [0, 0.05) is 30.6 Å². The van der Waals surface area contributed by atoms with Gasteiger partial charge in [0.1, 0.15) is 5.82 Å². The van der Waals surface area contributed by atoms with Crippen molar-refractivity contribution in [2.45, 2.75) is 31.6 Å². The third-order valence-corrected chi connectivity index (χ3v) is 7.35. The van der Waals surface area contributed by atoms with Crippen LogP contribution in [-0.2, 0) is 21.2 Å². The molecule has 32 heavy (non-hydrogen) atoms. The molecule has 0 saturated heterocycles. The van der Waals surface area contributed by atoms with E-state index in [0.29, 0.717) is 11.3 Å². The van der Waals surface area contributed by atoms with Gasteiger partial charge in [0.25, 0.3) is 11.5 Å². The molecule has 2 N–H and O–H groups in total. The van der Waals surface area contributed by atoms with Crippen LogP contribution < -0.4 is 11.0 Å². The average Bonchev–Trinajstić information content (AvgIpc) is 3.18. The molecule has 1 amide bonds. The van der Waals surface area contributed by atoms with Gasteiger partial charge in [-0.15, -0.1) is 0 Å². The van der Waals surface area contributed by atoms with Crippen molar-refractivity contribution in [3.05, 3.63) is 64.6 Å². The lowest BCUT2D eigenvalue weighted by molar-refractivity contribution is -0.131. The average molecular weight is 463 g/mol. The smallest absolute Gasteiger partial charge is 0.264 e. The van der Waals surface area contributed by atoms with E-state index in [0.717, 1.165) is 35.7 Å². The minimum absolute atomic E-state index is 0.0707. The highest BCUT2D eigenvalue weighted by Gasteiger charge is 2.43. The molecule has 0 aliphatic heterocycles. The molecular formula is C20H22FN5O5S. The molecule has 1 unspecified atom stereocenters. The van der Waals surface area contributed by atoms with E-state index >= 15 is 0 Å². The van der Waals surface area contributed by atoms with Crippen LogP contribution in [0.1, 0.15) is 19.0 Å². The first-order chi connectivity index (χ1) is 15.0. The van der Waals surface area contributed by atoms with Crippen molar-refractivity contribution in [2.75, 3.05) is 6.26 Å². The Bertz CT molecular complexity index is 1320. The highest BCUT2D eigenvalue weighted by molar-refractivity contribution is 7.92. The second-order valence-electron chi connectivity index (χ2n) is 7.58. The Hall–Kier alpha value is -3.38. The predicted molar refractivity (Wildman–Crippen MR) is 114 cm³/mol. The van der Waals surface area contributed by atoms with E-state index in [2.05, 4.69) is 10.2 Å². The Morgan fingerprint density at radius 1 is 1.28 bits per heavy atom. The maximum Gasteiger partial charge on any atom is 0.264 e. The first kappa shape index (κ1) is 23.3. The molecule has 12 heteroatoms. The standard InChI is InChI=1S/C20H22FN5O5S/c1-13-11-22-26(23-13)15-6-4-14(5-7-15)16-10-18(27)25(12-17(16)21)9-8-20(2,19(28)24-29)32(3,30)31/h4-7,10-12,29H,8-9H2,1-3H3,(H,24,28). The van der Waals surface area contributed by atoms with Gasteiger partial charge in [0.05, 0.1) is 17.6 Å². The summed E-state index contributed by atoms with van der Waals surface area (Å²) >= 11 is 0. The Morgan fingerprint density at radius 2 is 1.94 bits per heavy atom. The molecule has 0 aliphatic rings. The van der Waals surface area contributed by atoms with Crippen LogP contribution in [-0.4, -0.2) is 50.1 Å². The number of sulfone groups is 1. The van der Waals surface area contributed by atoms with Crippen LogP contribution in [0.15, 0.2) is 47.5 Å². The molecule has 1 aromatic carbocycles. The minimum Gasteiger partial charge on any atom is -0.312 e. The quantitative estimate of drug-likeness (QED) is 0.397. The summed E-state index contributed by atoms with van der Waals surface area (Å²) in [4.78, 5) is 25.9. The van der Waals surface area contributed by atoms with Crippen molar-refractivity contribution in [1.29, 1.82) is 0 Å². The van der Waals surface area contributed by atoms with Crippen LogP contribution in [0.3, 0.4) is 0 Å². The van der Waals surface area contributed by atoms with Crippen molar-refractivity contribution < 1.29 is 22.8 Å². The van der Waals surface area contributed by atoms with Gasteiger partial charge < -0.3 is 4.57 Å². The van der Waals surface area contributed by atoms with Gasteiger partial charge in [-0.25, -0.2) is 18.3 Å². The molecule has 3 rings (SSSR count). The lowest BCUT2D eigenvalue weighted by Crippen LogP contribution is -2.50. The maximum atomic E-state index is 14.8. The third kappa shape index (κ3) is 4.46. The van der Waals surface area contributed by atoms with Gasteiger partial charge >= 0.3 is 0 Å². The predicted octanol–water partition coefficient (Wildman–Crippen LogP) is 1.24. The van der Waals surface area contributed by atoms with Crippen LogP contribution in [0.2, 0.25) is 0 Å². The number of aromatic nitrogens is 4. The molecule has 0 bridgehead atoms. The molecule has 10 nitrogen and oxygen atoms in total. The zero-order valence-electron chi connectivity index (χ0n) is 17.6. The monoisotopic (exact) mass is 463 g/mol. The summed E-state index contributed by atoms with van der Waals surface area (Å²) in [5.41, 5.74) is 2.69. The number of carbonyl (C=O) groups is 1. The van der Waals surface area contributed by atoms with Crippen molar-refractivity contribution in [1.82, 2.24) is 25.0 Å². The van der Waals surface area contributed by atoms with Crippen LogP contribution in [0, 0.1) is 12.7 Å². The van der Waals surface area contributed by atoms with Gasteiger partial charge in [-0.2, -0.15) is 15.0 Å². The summed E-state index contributed by atoms with van der Waals surface area (Å²) in [6.45, 7) is 2.68. The molecule has 0 spiro atoms. The summed E-state index contributed by atoms with van der Waals surface area (Å²) in [5, 5.41) is 17.2. The van der Waals surface area contributed by atoms with E-state index in [1.807, 2.05) is 0 Å². The molecule has 1 atom stereocenters. The topological polar surface area (TPSA) is 136 Å². The molecule has 0 fully saturated rings. The van der Waals surface area contributed by atoms with E-state index in [1.165, 1.54) is 10.3 Å². The van der Waals surface area contributed by atoms with Crippen LogP contribution in [0.5, 0.6) is 0 Å². The first-order valence-electron chi connectivity index (χ1n) is 9.50. The lowest BCUT2D eigenvalue weighted by Gasteiger charge is -2.25. The molecular weight excluding hydrogens is 441 g/mol. The number of nitrogens with one attached hydrogen (secondary N) is 1. The summed E-state index contributed by atoms with van der Waals surface area (Å²) in [5.74, 6) is -1.83. The number of hydroxylamine groups is 1. The molecule has 0 aliphatic carbocycles. The highest BCUT2D eigenvalue weighted by atomic mass is 32.2. The third-order valence-electron chi connectivity index (χ3n) is 5.32. The highest BCUT2D eigenvalue weighted by Crippen LogP contribution is 2.24. The Balaban J connectivity index is 1.87. The summed E-state index contributed by atoms with van der Waals surface area (Å²) < 4.78 is 37.9. The molecule has 2 aromatic heterocycles. The van der Waals surface area contributed by atoms with Gasteiger partial charge in [-0.1, -0.05) is 12.1 Å². The maximum absolute atomic E-state index is 14.8. The van der Waals surface area contributed by atoms with E-state index < -0.39 is 31.9 Å². The number of pyridine rings is 1. The van der Waals surface area contributed by atoms with E-state index in [9.17, 15) is 22.4 Å².